The number of aromatic nitrogens is 1. The molecular weight excluding hydrogens is 483 g/mol. The fraction of sp³-hybridized carbons (Fsp3) is 0.536. The summed E-state index contributed by atoms with van der Waals surface area (Å²) in [5.41, 5.74) is -1.04. The molecule has 1 saturated heterocycles. The van der Waals surface area contributed by atoms with Crippen molar-refractivity contribution < 1.29 is 27.9 Å². The molecule has 3 fully saturated rings. The average molecular weight is 516 g/mol. The minimum absolute atomic E-state index is 0.0211. The van der Waals surface area contributed by atoms with Crippen molar-refractivity contribution in [1.29, 1.82) is 0 Å². The molecule has 3 aliphatic rings. The number of rotatable bonds is 7. The fourth-order valence-electron chi connectivity index (χ4n) is 6.71. The second-order valence-electron chi connectivity index (χ2n) is 10.8. The maximum absolute atomic E-state index is 12.9. The Kier molecular flexibility index (Phi) is 7.11. The van der Waals surface area contributed by atoms with Crippen LogP contribution < -0.4 is 5.32 Å². The highest BCUT2D eigenvalue weighted by Gasteiger charge is 2.52. The lowest BCUT2D eigenvalue weighted by Gasteiger charge is -2.44. The highest BCUT2D eigenvalue weighted by Crippen LogP contribution is 2.52. The maximum atomic E-state index is 12.9. The molecule has 2 N–H and O–H groups in total. The Bertz CT molecular complexity index is 1130. The molecule has 198 valence electrons. The molecule has 1 aromatic carbocycles. The molecule has 0 spiro atoms. The standard InChI is InChI=1S/C28H32F3N3O3/c29-28(30,31)21-5-3-4-18(14-21)23(35)9-10-25(36)33-22-11-13-34(17-22)26-19-7-8-20(26)16-27(37,15-19)24-6-1-2-12-32-24/h1-6,12,14,19-20,22,26,37H,7-11,13,15-17H2,(H,33,36)/t19?,20?,22-,26?,27?/m1/s1. The summed E-state index contributed by atoms with van der Waals surface area (Å²) in [5, 5.41) is 14.4. The van der Waals surface area contributed by atoms with Gasteiger partial charge in [-0.3, -0.25) is 19.5 Å². The molecule has 37 heavy (non-hydrogen) atoms. The van der Waals surface area contributed by atoms with Crippen LogP contribution in [0, 0.1) is 11.8 Å². The minimum atomic E-state index is -4.52. The predicted molar refractivity (Wildman–Crippen MR) is 130 cm³/mol. The van der Waals surface area contributed by atoms with E-state index >= 15 is 0 Å². The van der Waals surface area contributed by atoms with Crippen LogP contribution in [0.15, 0.2) is 48.7 Å². The highest BCUT2D eigenvalue weighted by molar-refractivity contribution is 5.98. The lowest BCUT2D eigenvalue weighted by Crippen LogP contribution is -2.50. The van der Waals surface area contributed by atoms with Crippen LogP contribution in [0.4, 0.5) is 13.2 Å². The largest absolute Gasteiger partial charge is 0.416 e. The smallest absolute Gasteiger partial charge is 0.384 e. The zero-order chi connectivity index (χ0) is 26.2. The SMILES string of the molecule is O=C(CCC(=O)c1cccc(C(F)(F)F)c1)N[C@@H]1CCN(C2C3CCC2CC(O)(c2ccccn2)C3)C1. The lowest BCUT2D eigenvalue weighted by molar-refractivity contribution is -0.137. The van der Waals surface area contributed by atoms with Crippen LogP contribution in [0.25, 0.3) is 0 Å². The molecule has 3 atom stereocenters. The molecule has 1 aliphatic heterocycles. The van der Waals surface area contributed by atoms with E-state index in [0.29, 0.717) is 30.7 Å². The summed E-state index contributed by atoms with van der Waals surface area (Å²) in [7, 11) is 0. The number of hydrogen-bond donors (Lipinski definition) is 2. The van der Waals surface area contributed by atoms with Crippen molar-refractivity contribution in [3.05, 3.63) is 65.5 Å². The van der Waals surface area contributed by atoms with Gasteiger partial charge >= 0.3 is 6.18 Å². The normalized spacial score (nSPS) is 29.8. The average Bonchev–Trinajstić information content (AvgIpc) is 3.44. The van der Waals surface area contributed by atoms with Gasteiger partial charge in [0.05, 0.1) is 11.3 Å². The van der Waals surface area contributed by atoms with Crippen LogP contribution in [0.3, 0.4) is 0 Å². The number of amides is 1. The van der Waals surface area contributed by atoms with E-state index in [1.807, 2.05) is 18.2 Å². The van der Waals surface area contributed by atoms with E-state index in [4.69, 9.17) is 0 Å². The van der Waals surface area contributed by atoms with Gasteiger partial charge < -0.3 is 10.4 Å². The predicted octanol–water partition coefficient (Wildman–Crippen LogP) is 4.33. The Morgan fingerprint density at radius 1 is 1.05 bits per heavy atom. The summed E-state index contributed by atoms with van der Waals surface area (Å²) < 4.78 is 38.7. The second-order valence-corrected chi connectivity index (χ2v) is 10.8. The zero-order valence-electron chi connectivity index (χ0n) is 20.6. The molecule has 5 rings (SSSR count). The molecule has 2 unspecified atom stereocenters. The third kappa shape index (κ3) is 5.57. The van der Waals surface area contributed by atoms with Crippen LogP contribution >= 0.6 is 0 Å². The van der Waals surface area contributed by atoms with Crippen LogP contribution in [0.2, 0.25) is 0 Å². The monoisotopic (exact) mass is 515 g/mol. The van der Waals surface area contributed by atoms with Gasteiger partial charge in [-0.1, -0.05) is 18.2 Å². The summed E-state index contributed by atoms with van der Waals surface area (Å²) in [6.45, 7) is 1.60. The van der Waals surface area contributed by atoms with Crippen molar-refractivity contribution in [2.75, 3.05) is 13.1 Å². The first-order valence-electron chi connectivity index (χ1n) is 13.0. The first-order valence-corrected chi connectivity index (χ1v) is 13.0. The number of benzene rings is 1. The quantitative estimate of drug-likeness (QED) is 0.537. The van der Waals surface area contributed by atoms with Gasteiger partial charge in [0.1, 0.15) is 5.60 Å². The summed E-state index contributed by atoms with van der Waals surface area (Å²) >= 11 is 0. The fourth-order valence-corrected chi connectivity index (χ4v) is 6.71. The lowest BCUT2D eigenvalue weighted by atomic mass is 9.72. The Morgan fingerprint density at radius 2 is 1.81 bits per heavy atom. The topological polar surface area (TPSA) is 82.5 Å². The number of nitrogens with zero attached hydrogens (tertiary/aromatic N) is 2. The molecule has 2 bridgehead atoms. The first-order chi connectivity index (χ1) is 17.6. The molecule has 9 heteroatoms. The number of fused-ring (bicyclic) bond motifs is 2. The third-order valence-electron chi connectivity index (χ3n) is 8.31. The number of pyridine rings is 1. The van der Waals surface area contributed by atoms with E-state index < -0.39 is 23.1 Å². The number of alkyl halides is 3. The highest BCUT2D eigenvalue weighted by atomic mass is 19.4. The number of Topliss-reactive ketones (excluding diaryl/α,β-unsaturated/α-hetero) is 1. The summed E-state index contributed by atoms with van der Waals surface area (Å²) in [6.07, 6.45) is 1.37. The van der Waals surface area contributed by atoms with Crippen molar-refractivity contribution in [1.82, 2.24) is 15.2 Å². The van der Waals surface area contributed by atoms with Gasteiger partial charge in [0, 0.05) is 49.8 Å². The number of aliphatic hydroxyl groups is 1. The van der Waals surface area contributed by atoms with Gasteiger partial charge in [-0.05, 0) is 68.2 Å². The third-order valence-corrected chi connectivity index (χ3v) is 8.31. The van der Waals surface area contributed by atoms with Crippen molar-refractivity contribution in [3.63, 3.8) is 0 Å². The van der Waals surface area contributed by atoms with E-state index in [-0.39, 0.29) is 30.4 Å². The summed E-state index contributed by atoms with van der Waals surface area (Å²) in [6, 6.07) is 10.3. The second kappa shape index (κ2) is 10.2. The van der Waals surface area contributed by atoms with E-state index in [1.165, 1.54) is 12.1 Å². The molecule has 1 amide bonds. The Balaban J connectivity index is 1.12. The van der Waals surface area contributed by atoms with Crippen LogP contribution in [-0.4, -0.2) is 51.9 Å². The maximum Gasteiger partial charge on any atom is 0.416 e. The van der Waals surface area contributed by atoms with Gasteiger partial charge in [0.25, 0.3) is 0 Å². The molecule has 6 nitrogen and oxygen atoms in total. The van der Waals surface area contributed by atoms with Crippen molar-refractivity contribution in [2.45, 2.75) is 68.8 Å². The van der Waals surface area contributed by atoms with Gasteiger partial charge in [0.15, 0.2) is 5.78 Å². The molecule has 0 radical (unpaired) electrons. The molecule has 2 aromatic rings. The van der Waals surface area contributed by atoms with Crippen molar-refractivity contribution >= 4 is 11.7 Å². The van der Waals surface area contributed by atoms with E-state index in [0.717, 1.165) is 50.2 Å². The first kappa shape index (κ1) is 25.9. The van der Waals surface area contributed by atoms with Gasteiger partial charge in [-0.25, -0.2) is 0 Å². The summed E-state index contributed by atoms with van der Waals surface area (Å²) in [5.74, 6) is 0.0207. The van der Waals surface area contributed by atoms with Gasteiger partial charge in [-0.2, -0.15) is 13.2 Å². The number of carbonyl (C=O) groups excluding carboxylic acids is 2. The van der Waals surface area contributed by atoms with E-state index in [1.54, 1.807) is 6.20 Å². The number of likely N-dealkylation sites (tertiary alicyclic amines) is 1. The Labute approximate surface area is 214 Å². The number of carbonyl (C=O) groups is 2. The van der Waals surface area contributed by atoms with Crippen LogP contribution in [0.5, 0.6) is 0 Å². The zero-order valence-corrected chi connectivity index (χ0v) is 20.6. The molecule has 1 aromatic heterocycles. The van der Waals surface area contributed by atoms with Crippen LogP contribution in [0.1, 0.15) is 66.6 Å². The molecule has 2 aliphatic carbocycles. The van der Waals surface area contributed by atoms with E-state index in [9.17, 15) is 27.9 Å². The van der Waals surface area contributed by atoms with Gasteiger partial charge in [-0.15, -0.1) is 0 Å². The van der Waals surface area contributed by atoms with Gasteiger partial charge in [0.2, 0.25) is 5.91 Å². The van der Waals surface area contributed by atoms with Crippen LogP contribution in [-0.2, 0) is 16.6 Å². The molecule has 2 saturated carbocycles. The number of nitrogens with one attached hydrogen (secondary N) is 1. The molecular formula is C28H32F3N3O3. The van der Waals surface area contributed by atoms with Crippen molar-refractivity contribution in [2.24, 2.45) is 11.8 Å². The Hall–Kier alpha value is -2.78. The summed E-state index contributed by atoms with van der Waals surface area (Å²) in [4.78, 5) is 31.8. The number of hydrogen-bond acceptors (Lipinski definition) is 5. The number of ketones is 1. The number of halogens is 3. The van der Waals surface area contributed by atoms with E-state index in [2.05, 4.69) is 15.2 Å². The van der Waals surface area contributed by atoms with Crippen molar-refractivity contribution in [3.8, 4) is 0 Å². The molecule has 2 heterocycles. The minimum Gasteiger partial charge on any atom is -0.384 e. The Morgan fingerprint density at radius 3 is 2.49 bits per heavy atom.